The molecule has 0 aliphatic carbocycles. The molecule has 1 aliphatic rings. The van der Waals surface area contributed by atoms with Gasteiger partial charge in [0, 0.05) is 12.6 Å². The third-order valence-corrected chi connectivity index (χ3v) is 3.63. The van der Waals surface area contributed by atoms with Crippen molar-refractivity contribution in [1.82, 2.24) is 10.2 Å². The molecule has 0 radical (unpaired) electrons. The monoisotopic (exact) mass is 259 g/mol. The fourth-order valence-electron chi connectivity index (χ4n) is 2.36. The lowest BCUT2D eigenvalue weighted by molar-refractivity contribution is 0.165. The minimum atomic E-state index is 0.666. The summed E-state index contributed by atoms with van der Waals surface area (Å²) in [5.41, 5.74) is 0.666. The Bertz CT molecular complexity index is 418. The maximum Gasteiger partial charge on any atom is 0.119 e. The van der Waals surface area contributed by atoms with Gasteiger partial charge >= 0.3 is 0 Å². The molecule has 4 nitrogen and oxygen atoms in total. The predicted octanol–water partition coefficient (Wildman–Crippen LogP) is 1.62. The molecule has 102 valence electrons. The quantitative estimate of drug-likeness (QED) is 0.873. The maximum atomic E-state index is 8.72. The molecule has 1 fully saturated rings. The topological polar surface area (TPSA) is 48.3 Å². The van der Waals surface area contributed by atoms with Gasteiger partial charge in [0.15, 0.2) is 0 Å². The molecule has 1 aliphatic heterocycles. The van der Waals surface area contributed by atoms with Crippen molar-refractivity contribution in [2.45, 2.75) is 18.9 Å². The Hall–Kier alpha value is -1.57. The van der Waals surface area contributed by atoms with Crippen molar-refractivity contribution >= 4 is 0 Å². The van der Waals surface area contributed by atoms with Crippen LogP contribution < -0.4 is 10.1 Å². The number of benzene rings is 1. The number of rotatable bonds is 5. The molecule has 2 rings (SSSR count). The molecule has 0 aromatic heterocycles. The maximum absolute atomic E-state index is 8.72. The summed E-state index contributed by atoms with van der Waals surface area (Å²) in [7, 11) is 2.16. The summed E-state index contributed by atoms with van der Waals surface area (Å²) in [4.78, 5) is 2.38. The van der Waals surface area contributed by atoms with Crippen LogP contribution >= 0.6 is 0 Å². The smallest absolute Gasteiger partial charge is 0.119 e. The van der Waals surface area contributed by atoms with E-state index in [0.717, 1.165) is 25.4 Å². The first-order valence-corrected chi connectivity index (χ1v) is 6.83. The fraction of sp³-hybridized carbons (Fsp3) is 0.533. The molecule has 0 saturated carbocycles. The lowest BCUT2D eigenvalue weighted by Gasteiger charge is -2.31. The molecule has 0 amide bonds. The van der Waals surface area contributed by atoms with E-state index in [-0.39, 0.29) is 0 Å². The molecule has 0 bridgehead atoms. The van der Waals surface area contributed by atoms with Gasteiger partial charge in [0.1, 0.15) is 12.4 Å². The van der Waals surface area contributed by atoms with Crippen LogP contribution in [0.2, 0.25) is 0 Å². The Balaban J connectivity index is 1.71. The first-order valence-electron chi connectivity index (χ1n) is 6.83. The molecule has 0 spiro atoms. The van der Waals surface area contributed by atoms with Gasteiger partial charge in [-0.3, -0.25) is 4.90 Å². The van der Waals surface area contributed by atoms with Crippen LogP contribution in [0.3, 0.4) is 0 Å². The normalized spacial score (nSPS) is 16.3. The zero-order valence-electron chi connectivity index (χ0n) is 11.4. The van der Waals surface area contributed by atoms with Crippen molar-refractivity contribution in [2.75, 3.05) is 33.3 Å². The van der Waals surface area contributed by atoms with Gasteiger partial charge in [-0.05, 0) is 57.2 Å². The fourth-order valence-corrected chi connectivity index (χ4v) is 2.36. The van der Waals surface area contributed by atoms with Crippen LogP contribution in [0.5, 0.6) is 5.75 Å². The molecule has 1 N–H and O–H groups in total. The Labute approximate surface area is 115 Å². The van der Waals surface area contributed by atoms with Gasteiger partial charge in [0.25, 0.3) is 0 Å². The van der Waals surface area contributed by atoms with E-state index in [0.29, 0.717) is 18.2 Å². The second kappa shape index (κ2) is 7.13. The van der Waals surface area contributed by atoms with E-state index < -0.39 is 0 Å². The number of ether oxygens (including phenoxy) is 1. The largest absolute Gasteiger partial charge is 0.492 e. The standard InChI is InChI=1S/C15H21N3O/c1-18(14-6-8-17-9-7-14)10-11-19-15-4-2-13(12-16)3-5-15/h2-5,14,17H,6-11H2,1H3. The van der Waals surface area contributed by atoms with Gasteiger partial charge in [-0.1, -0.05) is 0 Å². The second-order valence-corrected chi connectivity index (χ2v) is 4.95. The first-order chi connectivity index (χ1) is 9.29. The SMILES string of the molecule is CN(CCOc1ccc(C#N)cc1)C1CCNCC1. The van der Waals surface area contributed by atoms with Crippen LogP contribution in [0.4, 0.5) is 0 Å². The molecule has 0 unspecified atom stereocenters. The van der Waals surface area contributed by atoms with Crippen LogP contribution in [-0.2, 0) is 0 Å². The average molecular weight is 259 g/mol. The molecular weight excluding hydrogens is 238 g/mol. The van der Waals surface area contributed by atoms with E-state index in [2.05, 4.69) is 23.3 Å². The lowest BCUT2D eigenvalue weighted by Crippen LogP contribution is -2.42. The molecule has 0 atom stereocenters. The number of nitriles is 1. The highest BCUT2D eigenvalue weighted by Crippen LogP contribution is 2.12. The first kappa shape index (κ1) is 13.9. The summed E-state index contributed by atoms with van der Waals surface area (Å²) in [6, 6.07) is 10.0. The molecule has 1 saturated heterocycles. The van der Waals surface area contributed by atoms with Crippen molar-refractivity contribution < 1.29 is 4.74 Å². The second-order valence-electron chi connectivity index (χ2n) is 4.95. The van der Waals surface area contributed by atoms with Crippen molar-refractivity contribution in [3.63, 3.8) is 0 Å². The summed E-state index contributed by atoms with van der Waals surface area (Å²) in [6.45, 7) is 3.86. The predicted molar refractivity (Wildman–Crippen MR) is 75.2 cm³/mol. The van der Waals surface area contributed by atoms with Crippen molar-refractivity contribution in [1.29, 1.82) is 5.26 Å². The number of hydrogen-bond donors (Lipinski definition) is 1. The van der Waals surface area contributed by atoms with E-state index >= 15 is 0 Å². The highest BCUT2D eigenvalue weighted by atomic mass is 16.5. The summed E-state index contributed by atoms with van der Waals surface area (Å²) >= 11 is 0. The zero-order valence-corrected chi connectivity index (χ0v) is 11.4. The number of hydrogen-bond acceptors (Lipinski definition) is 4. The van der Waals surface area contributed by atoms with Gasteiger partial charge in [-0.2, -0.15) is 5.26 Å². The minimum Gasteiger partial charge on any atom is -0.492 e. The van der Waals surface area contributed by atoms with E-state index in [1.54, 1.807) is 12.1 Å². The number of nitrogens with one attached hydrogen (secondary N) is 1. The van der Waals surface area contributed by atoms with E-state index in [1.165, 1.54) is 12.8 Å². The minimum absolute atomic E-state index is 0.666. The third-order valence-electron chi connectivity index (χ3n) is 3.63. The van der Waals surface area contributed by atoms with Gasteiger partial charge in [0.05, 0.1) is 11.6 Å². The molecular formula is C15H21N3O. The molecule has 1 heterocycles. The molecule has 1 aromatic carbocycles. The van der Waals surface area contributed by atoms with Crippen molar-refractivity contribution in [2.24, 2.45) is 0 Å². The highest BCUT2D eigenvalue weighted by molar-refractivity contribution is 5.34. The Kier molecular flexibility index (Phi) is 5.20. The summed E-state index contributed by atoms with van der Waals surface area (Å²) in [5.74, 6) is 0.831. The van der Waals surface area contributed by atoms with E-state index in [9.17, 15) is 0 Å². The Morgan fingerprint density at radius 3 is 2.63 bits per heavy atom. The number of nitrogens with zero attached hydrogens (tertiary/aromatic N) is 2. The van der Waals surface area contributed by atoms with Gasteiger partial charge in [-0.15, -0.1) is 0 Å². The van der Waals surface area contributed by atoms with Crippen molar-refractivity contribution in [3.8, 4) is 11.8 Å². The summed E-state index contributed by atoms with van der Waals surface area (Å²) in [6.07, 6.45) is 2.43. The Morgan fingerprint density at radius 1 is 1.32 bits per heavy atom. The molecule has 1 aromatic rings. The average Bonchev–Trinajstić information content (AvgIpc) is 2.49. The Morgan fingerprint density at radius 2 is 2.00 bits per heavy atom. The lowest BCUT2D eigenvalue weighted by atomic mass is 10.1. The van der Waals surface area contributed by atoms with Crippen LogP contribution in [0.15, 0.2) is 24.3 Å². The van der Waals surface area contributed by atoms with Gasteiger partial charge in [-0.25, -0.2) is 0 Å². The zero-order chi connectivity index (χ0) is 13.5. The summed E-state index contributed by atoms with van der Waals surface area (Å²) in [5, 5.41) is 12.1. The summed E-state index contributed by atoms with van der Waals surface area (Å²) < 4.78 is 5.70. The number of likely N-dealkylation sites (N-methyl/N-ethyl adjacent to an activating group) is 1. The number of piperidine rings is 1. The van der Waals surface area contributed by atoms with Gasteiger partial charge in [0.2, 0.25) is 0 Å². The molecule has 19 heavy (non-hydrogen) atoms. The van der Waals surface area contributed by atoms with Crippen LogP contribution in [-0.4, -0.2) is 44.2 Å². The molecule has 4 heteroatoms. The van der Waals surface area contributed by atoms with Crippen molar-refractivity contribution in [3.05, 3.63) is 29.8 Å². The third kappa shape index (κ3) is 4.23. The highest BCUT2D eigenvalue weighted by Gasteiger charge is 2.17. The van der Waals surface area contributed by atoms with E-state index in [1.807, 2.05) is 12.1 Å². The van der Waals surface area contributed by atoms with Gasteiger partial charge < -0.3 is 10.1 Å². The van der Waals surface area contributed by atoms with Crippen LogP contribution in [0, 0.1) is 11.3 Å². The van der Waals surface area contributed by atoms with E-state index in [4.69, 9.17) is 10.00 Å². The van der Waals surface area contributed by atoms with Crippen LogP contribution in [0.1, 0.15) is 18.4 Å². The van der Waals surface area contributed by atoms with Crippen LogP contribution in [0.25, 0.3) is 0 Å².